The van der Waals surface area contributed by atoms with E-state index in [9.17, 15) is 4.39 Å². The highest BCUT2D eigenvalue weighted by atomic mass is 19.1. The molecule has 0 aliphatic heterocycles. The first-order valence-electron chi connectivity index (χ1n) is 6.20. The highest BCUT2D eigenvalue weighted by molar-refractivity contribution is 5.16. The van der Waals surface area contributed by atoms with Crippen molar-refractivity contribution in [2.24, 2.45) is 5.92 Å². The van der Waals surface area contributed by atoms with Crippen molar-refractivity contribution in [3.8, 4) is 0 Å². The number of rotatable bonds is 8. The Morgan fingerprint density at radius 2 is 2.24 bits per heavy atom. The van der Waals surface area contributed by atoms with Gasteiger partial charge in [0, 0.05) is 13.7 Å². The van der Waals surface area contributed by atoms with Crippen LogP contribution in [-0.2, 0) is 11.2 Å². The summed E-state index contributed by atoms with van der Waals surface area (Å²) >= 11 is 0. The fourth-order valence-electron chi connectivity index (χ4n) is 1.91. The van der Waals surface area contributed by atoms with E-state index < -0.39 is 0 Å². The smallest absolute Gasteiger partial charge is 0.123 e. The summed E-state index contributed by atoms with van der Waals surface area (Å²) in [4.78, 5) is 0. The Labute approximate surface area is 103 Å². The number of ether oxygens (including phenoxy) is 1. The molecular formula is C14H22FNO. The van der Waals surface area contributed by atoms with Crippen molar-refractivity contribution < 1.29 is 9.13 Å². The minimum atomic E-state index is -0.156. The van der Waals surface area contributed by atoms with Crippen molar-refractivity contribution in [3.63, 3.8) is 0 Å². The second-order valence-electron chi connectivity index (χ2n) is 4.29. The average molecular weight is 239 g/mol. The SMILES string of the molecule is CCNCC(CCOC)Cc1cccc(F)c1. The Kier molecular flexibility index (Phi) is 6.82. The van der Waals surface area contributed by atoms with Gasteiger partial charge in [0.05, 0.1) is 0 Å². The highest BCUT2D eigenvalue weighted by Gasteiger charge is 2.09. The van der Waals surface area contributed by atoms with E-state index in [1.807, 2.05) is 6.07 Å². The number of methoxy groups -OCH3 is 1. The molecule has 0 aromatic heterocycles. The molecule has 3 heteroatoms. The number of nitrogens with one attached hydrogen (secondary N) is 1. The van der Waals surface area contributed by atoms with Crippen molar-refractivity contribution in [1.82, 2.24) is 5.32 Å². The third-order valence-electron chi connectivity index (χ3n) is 2.83. The molecule has 0 bridgehead atoms. The van der Waals surface area contributed by atoms with Gasteiger partial charge in [-0.25, -0.2) is 4.39 Å². The molecule has 1 aromatic carbocycles. The summed E-state index contributed by atoms with van der Waals surface area (Å²) in [6.07, 6.45) is 1.90. The van der Waals surface area contributed by atoms with Gasteiger partial charge < -0.3 is 10.1 Å². The summed E-state index contributed by atoms with van der Waals surface area (Å²) in [5, 5.41) is 3.34. The van der Waals surface area contributed by atoms with Crippen LogP contribution in [0.3, 0.4) is 0 Å². The van der Waals surface area contributed by atoms with Gasteiger partial charge in [0.15, 0.2) is 0 Å². The number of hydrogen-bond acceptors (Lipinski definition) is 2. The van der Waals surface area contributed by atoms with Crippen molar-refractivity contribution in [2.45, 2.75) is 19.8 Å². The Hall–Kier alpha value is -0.930. The van der Waals surface area contributed by atoms with Gasteiger partial charge >= 0.3 is 0 Å². The van der Waals surface area contributed by atoms with E-state index in [0.29, 0.717) is 5.92 Å². The van der Waals surface area contributed by atoms with Gasteiger partial charge in [0.2, 0.25) is 0 Å². The molecule has 0 saturated carbocycles. The summed E-state index contributed by atoms with van der Waals surface area (Å²) < 4.78 is 18.2. The molecular weight excluding hydrogens is 217 g/mol. The van der Waals surface area contributed by atoms with Gasteiger partial charge in [0.1, 0.15) is 5.82 Å². The third kappa shape index (κ3) is 5.80. The summed E-state index contributed by atoms with van der Waals surface area (Å²) in [5.41, 5.74) is 1.06. The van der Waals surface area contributed by atoms with Gasteiger partial charge in [0.25, 0.3) is 0 Å². The Morgan fingerprint density at radius 1 is 1.41 bits per heavy atom. The van der Waals surface area contributed by atoms with E-state index in [1.54, 1.807) is 19.2 Å². The summed E-state index contributed by atoms with van der Waals surface area (Å²) in [6.45, 7) is 4.77. The maximum Gasteiger partial charge on any atom is 0.123 e. The molecule has 1 atom stereocenters. The molecule has 0 amide bonds. The second-order valence-corrected chi connectivity index (χ2v) is 4.29. The average Bonchev–Trinajstić information content (AvgIpc) is 2.32. The largest absolute Gasteiger partial charge is 0.385 e. The molecule has 0 aliphatic rings. The van der Waals surface area contributed by atoms with Crippen molar-refractivity contribution >= 4 is 0 Å². The van der Waals surface area contributed by atoms with Gasteiger partial charge in [-0.1, -0.05) is 19.1 Å². The van der Waals surface area contributed by atoms with Gasteiger partial charge in [-0.3, -0.25) is 0 Å². The number of halogens is 1. The second kappa shape index (κ2) is 8.20. The first-order chi connectivity index (χ1) is 8.26. The van der Waals surface area contributed by atoms with Crippen LogP contribution in [0.2, 0.25) is 0 Å². The Bertz CT molecular complexity index is 309. The van der Waals surface area contributed by atoms with Crippen molar-refractivity contribution in [1.29, 1.82) is 0 Å². The highest BCUT2D eigenvalue weighted by Crippen LogP contribution is 2.13. The van der Waals surface area contributed by atoms with E-state index in [2.05, 4.69) is 12.2 Å². The van der Waals surface area contributed by atoms with Crippen LogP contribution < -0.4 is 5.32 Å². The van der Waals surface area contributed by atoms with Crippen LogP contribution in [0.25, 0.3) is 0 Å². The van der Waals surface area contributed by atoms with Crippen molar-refractivity contribution in [3.05, 3.63) is 35.6 Å². The normalized spacial score (nSPS) is 12.6. The lowest BCUT2D eigenvalue weighted by atomic mass is 9.96. The van der Waals surface area contributed by atoms with Crippen LogP contribution in [0, 0.1) is 11.7 Å². The maximum atomic E-state index is 13.1. The molecule has 1 N–H and O–H groups in total. The molecule has 1 rings (SSSR count). The van der Waals surface area contributed by atoms with E-state index in [-0.39, 0.29) is 5.82 Å². The zero-order valence-corrected chi connectivity index (χ0v) is 10.7. The van der Waals surface area contributed by atoms with Crippen LogP contribution in [0.1, 0.15) is 18.9 Å². The fourth-order valence-corrected chi connectivity index (χ4v) is 1.91. The van der Waals surface area contributed by atoms with E-state index in [1.165, 1.54) is 6.07 Å². The minimum absolute atomic E-state index is 0.156. The van der Waals surface area contributed by atoms with E-state index >= 15 is 0 Å². The lowest BCUT2D eigenvalue weighted by molar-refractivity contribution is 0.176. The monoisotopic (exact) mass is 239 g/mol. The Balaban J connectivity index is 2.51. The van der Waals surface area contributed by atoms with E-state index in [4.69, 9.17) is 4.74 Å². The van der Waals surface area contributed by atoms with Crippen LogP contribution in [-0.4, -0.2) is 26.8 Å². The summed E-state index contributed by atoms with van der Waals surface area (Å²) in [6, 6.07) is 6.85. The van der Waals surface area contributed by atoms with Crippen LogP contribution >= 0.6 is 0 Å². The summed E-state index contributed by atoms with van der Waals surface area (Å²) in [7, 11) is 1.71. The fraction of sp³-hybridized carbons (Fsp3) is 0.571. The molecule has 0 aliphatic carbocycles. The number of hydrogen-bond donors (Lipinski definition) is 1. The molecule has 0 saturated heterocycles. The number of benzene rings is 1. The standard InChI is InChI=1S/C14H22FNO/c1-3-16-11-13(7-8-17-2)9-12-5-4-6-14(15)10-12/h4-6,10,13,16H,3,7-9,11H2,1-2H3. The first kappa shape index (κ1) is 14.1. The lowest BCUT2D eigenvalue weighted by Gasteiger charge is -2.17. The minimum Gasteiger partial charge on any atom is -0.385 e. The lowest BCUT2D eigenvalue weighted by Crippen LogP contribution is -2.25. The molecule has 1 aromatic rings. The zero-order valence-electron chi connectivity index (χ0n) is 10.7. The first-order valence-corrected chi connectivity index (χ1v) is 6.20. The quantitative estimate of drug-likeness (QED) is 0.753. The molecule has 96 valence electrons. The van der Waals surface area contributed by atoms with Gasteiger partial charge in [-0.05, 0) is 49.5 Å². The molecule has 1 unspecified atom stereocenters. The van der Waals surface area contributed by atoms with Crippen LogP contribution in [0.4, 0.5) is 4.39 Å². The van der Waals surface area contributed by atoms with Crippen LogP contribution in [0.15, 0.2) is 24.3 Å². The van der Waals surface area contributed by atoms with Crippen LogP contribution in [0.5, 0.6) is 0 Å². The molecule has 2 nitrogen and oxygen atoms in total. The summed E-state index contributed by atoms with van der Waals surface area (Å²) in [5.74, 6) is 0.341. The van der Waals surface area contributed by atoms with Gasteiger partial charge in [-0.15, -0.1) is 0 Å². The van der Waals surface area contributed by atoms with Crippen molar-refractivity contribution in [2.75, 3.05) is 26.8 Å². The topological polar surface area (TPSA) is 21.3 Å². The molecule has 0 heterocycles. The molecule has 0 spiro atoms. The molecule has 17 heavy (non-hydrogen) atoms. The molecule has 0 radical (unpaired) electrons. The third-order valence-corrected chi connectivity index (χ3v) is 2.83. The maximum absolute atomic E-state index is 13.1. The predicted octanol–water partition coefficient (Wildman–Crippen LogP) is 2.63. The van der Waals surface area contributed by atoms with E-state index in [0.717, 1.165) is 38.1 Å². The molecule has 0 fully saturated rings. The van der Waals surface area contributed by atoms with Gasteiger partial charge in [-0.2, -0.15) is 0 Å². The Morgan fingerprint density at radius 3 is 2.88 bits per heavy atom. The predicted molar refractivity (Wildman–Crippen MR) is 68.6 cm³/mol. The zero-order chi connectivity index (χ0) is 12.5.